The highest BCUT2D eigenvalue weighted by atomic mass is 35.5. The molecule has 0 radical (unpaired) electrons. The summed E-state index contributed by atoms with van der Waals surface area (Å²) >= 11 is 5.91. The van der Waals surface area contributed by atoms with E-state index in [0.29, 0.717) is 43.6 Å². The zero-order valence-corrected chi connectivity index (χ0v) is 21.4. The maximum Gasteiger partial charge on any atom is 0.227 e. The fourth-order valence-electron chi connectivity index (χ4n) is 3.88. The van der Waals surface area contributed by atoms with Crippen LogP contribution in [0.3, 0.4) is 0 Å². The molecule has 4 rings (SSSR count). The van der Waals surface area contributed by atoms with Gasteiger partial charge in [0.25, 0.3) is 0 Å². The average molecular weight is 513 g/mol. The lowest BCUT2D eigenvalue weighted by Gasteiger charge is -2.20. The fourth-order valence-corrected chi connectivity index (χ4v) is 4.01. The molecule has 1 aromatic heterocycles. The third kappa shape index (κ3) is 8.87. The Morgan fingerprint density at radius 1 is 1.19 bits per heavy atom. The summed E-state index contributed by atoms with van der Waals surface area (Å²) in [5.41, 5.74) is 2.78. The molecule has 192 valence electrons. The van der Waals surface area contributed by atoms with Crippen LogP contribution in [0.4, 0.5) is 5.95 Å². The van der Waals surface area contributed by atoms with E-state index in [2.05, 4.69) is 43.7 Å². The number of hydrogen-bond acceptors (Lipinski definition) is 7. The molecule has 1 aromatic carbocycles. The molecule has 9 nitrogen and oxygen atoms in total. The van der Waals surface area contributed by atoms with Crippen molar-refractivity contribution >= 4 is 29.4 Å². The summed E-state index contributed by atoms with van der Waals surface area (Å²) in [6.45, 7) is 6.34. The van der Waals surface area contributed by atoms with Crippen molar-refractivity contribution in [1.29, 1.82) is 0 Å². The maximum absolute atomic E-state index is 12.6. The SMILES string of the molecule is C#C.CC.O=C(CC1=C(Nc2ncc(O)cn2)CN(CC2CCC(=O)N2)C1)NCc1ccc(Cl)cc1. The first-order valence-corrected chi connectivity index (χ1v) is 12.2. The molecule has 1 atom stereocenters. The molecule has 10 heteroatoms. The van der Waals surface area contributed by atoms with Crippen LogP contribution in [0, 0.1) is 12.8 Å². The van der Waals surface area contributed by atoms with Gasteiger partial charge in [0.1, 0.15) is 0 Å². The van der Waals surface area contributed by atoms with Gasteiger partial charge in [-0.3, -0.25) is 14.5 Å². The fraction of sp³-hybridized carbons (Fsp3) is 0.385. The third-order valence-corrected chi connectivity index (χ3v) is 5.72. The van der Waals surface area contributed by atoms with E-state index in [4.69, 9.17) is 11.6 Å². The molecule has 1 fully saturated rings. The van der Waals surface area contributed by atoms with E-state index in [9.17, 15) is 14.7 Å². The highest BCUT2D eigenvalue weighted by Gasteiger charge is 2.29. The Kier molecular flexibility index (Phi) is 11.7. The van der Waals surface area contributed by atoms with Crippen LogP contribution >= 0.6 is 11.6 Å². The Hall–Kier alpha value is -3.61. The number of aromatic hydroxyl groups is 1. The minimum atomic E-state index is -0.0862. The van der Waals surface area contributed by atoms with Crippen LogP contribution in [0.15, 0.2) is 47.9 Å². The minimum Gasteiger partial charge on any atom is -0.505 e. The number of halogens is 1. The van der Waals surface area contributed by atoms with Crippen molar-refractivity contribution in [3.63, 3.8) is 0 Å². The summed E-state index contributed by atoms with van der Waals surface area (Å²) in [5, 5.41) is 19.2. The molecule has 0 spiro atoms. The first-order valence-electron chi connectivity index (χ1n) is 11.8. The lowest BCUT2D eigenvalue weighted by atomic mass is 10.1. The number of nitrogens with zero attached hydrogens (tertiary/aromatic N) is 3. The Morgan fingerprint density at radius 3 is 2.47 bits per heavy atom. The van der Waals surface area contributed by atoms with Gasteiger partial charge in [-0.2, -0.15) is 0 Å². The predicted molar refractivity (Wildman–Crippen MR) is 141 cm³/mol. The minimum absolute atomic E-state index is 0.0173. The van der Waals surface area contributed by atoms with Crippen molar-refractivity contribution in [2.24, 2.45) is 0 Å². The Bertz CT molecular complexity index is 1050. The summed E-state index contributed by atoms with van der Waals surface area (Å²) in [4.78, 5) is 34.5. The van der Waals surface area contributed by atoms with Gasteiger partial charge in [-0.25, -0.2) is 9.97 Å². The van der Waals surface area contributed by atoms with Crippen molar-refractivity contribution in [3.05, 3.63) is 58.5 Å². The van der Waals surface area contributed by atoms with Gasteiger partial charge in [0.15, 0.2) is 5.75 Å². The largest absolute Gasteiger partial charge is 0.505 e. The second-order valence-electron chi connectivity index (χ2n) is 8.02. The van der Waals surface area contributed by atoms with Gasteiger partial charge in [0.05, 0.1) is 18.8 Å². The Morgan fingerprint density at radius 2 is 1.86 bits per heavy atom. The number of terminal acetylenes is 1. The Labute approximate surface area is 217 Å². The van der Waals surface area contributed by atoms with Crippen LogP contribution in [-0.4, -0.2) is 57.5 Å². The lowest BCUT2D eigenvalue weighted by molar-refractivity contribution is -0.121. The molecule has 3 heterocycles. The van der Waals surface area contributed by atoms with Crippen LogP contribution in [0.25, 0.3) is 0 Å². The number of amides is 2. The summed E-state index contributed by atoms with van der Waals surface area (Å²) in [6.07, 6.45) is 12.2. The van der Waals surface area contributed by atoms with Crippen molar-refractivity contribution in [2.45, 2.75) is 45.7 Å². The summed E-state index contributed by atoms with van der Waals surface area (Å²) in [7, 11) is 0. The highest BCUT2D eigenvalue weighted by Crippen LogP contribution is 2.23. The molecule has 0 bridgehead atoms. The quantitative estimate of drug-likeness (QED) is 0.401. The molecule has 0 saturated carbocycles. The number of nitrogens with one attached hydrogen (secondary N) is 3. The molecular weight excluding hydrogens is 480 g/mol. The van der Waals surface area contributed by atoms with Gasteiger partial charge in [-0.05, 0) is 29.7 Å². The number of carbonyl (C=O) groups excluding carboxylic acids is 2. The normalized spacial score (nSPS) is 16.8. The molecule has 4 N–H and O–H groups in total. The van der Waals surface area contributed by atoms with Gasteiger partial charge in [-0.15, -0.1) is 12.8 Å². The molecule has 2 aromatic rings. The summed E-state index contributed by atoms with van der Waals surface area (Å²) in [6, 6.07) is 7.46. The zero-order valence-electron chi connectivity index (χ0n) is 20.6. The highest BCUT2D eigenvalue weighted by molar-refractivity contribution is 6.30. The molecule has 1 saturated heterocycles. The number of anilines is 1. The molecule has 0 aliphatic carbocycles. The van der Waals surface area contributed by atoms with Gasteiger partial charge in [0.2, 0.25) is 17.8 Å². The van der Waals surface area contributed by atoms with Crippen LogP contribution in [0.1, 0.15) is 38.7 Å². The number of rotatable bonds is 8. The molecule has 2 aliphatic heterocycles. The van der Waals surface area contributed by atoms with Crippen LogP contribution in [-0.2, 0) is 16.1 Å². The van der Waals surface area contributed by atoms with Gasteiger partial charge >= 0.3 is 0 Å². The predicted octanol–water partition coefficient (Wildman–Crippen LogP) is 3.08. The molecular formula is C26H33ClN6O3. The van der Waals surface area contributed by atoms with Crippen molar-refractivity contribution in [1.82, 2.24) is 25.5 Å². The van der Waals surface area contributed by atoms with E-state index >= 15 is 0 Å². The van der Waals surface area contributed by atoms with E-state index in [-0.39, 0.29) is 30.0 Å². The first kappa shape index (κ1) is 28.6. The standard InChI is InChI=1S/C22H25ClN6O3.C2H6.C2H2/c23-16-3-1-14(2-4-16)8-24-21(32)7-15-11-29(12-17-5-6-20(31)27-17)13-19(15)28-22-25-9-18(30)10-26-22;2*1-2/h1-4,9-10,17,30H,5-8,11-13H2,(H,24,32)(H,27,31)(H,25,26,28);1-2H3;1-2H. The Balaban J connectivity index is 0.00000109. The van der Waals surface area contributed by atoms with Crippen LogP contribution in [0.5, 0.6) is 5.75 Å². The number of aromatic nitrogens is 2. The monoisotopic (exact) mass is 512 g/mol. The van der Waals surface area contributed by atoms with Crippen LogP contribution in [0.2, 0.25) is 5.02 Å². The molecule has 2 aliphatic rings. The first-order chi connectivity index (χ1) is 17.4. The zero-order chi connectivity index (χ0) is 26.5. The second kappa shape index (κ2) is 14.7. The van der Waals surface area contributed by atoms with Gasteiger partial charge in [-0.1, -0.05) is 37.6 Å². The van der Waals surface area contributed by atoms with Gasteiger partial charge < -0.3 is 21.1 Å². The van der Waals surface area contributed by atoms with Crippen molar-refractivity contribution < 1.29 is 14.7 Å². The van der Waals surface area contributed by atoms with Gasteiger partial charge in [0, 0.05) is 49.4 Å². The number of carbonyl (C=O) groups is 2. The summed E-state index contributed by atoms with van der Waals surface area (Å²) < 4.78 is 0. The van der Waals surface area contributed by atoms with Crippen molar-refractivity contribution in [3.8, 4) is 18.6 Å². The van der Waals surface area contributed by atoms with E-state index in [1.54, 1.807) is 12.1 Å². The average Bonchev–Trinajstić information content (AvgIpc) is 3.47. The second-order valence-corrected chi connectivity index (χ2v) is 8.46. The number of benzene rings is 1. The van der Waals surface area contributed by atoms with E-state index in [1.165, 1.54) is 12.4 Å². The van der Waals surface area contributed by atoms with Crippen LogP contribution < -0.4 is 16.0 Å². The van der Waals surface area contributed by atoms with Crippen molar-refractivity contribution in [2.75, 3.05) is 25.0 Å². The topological polar surface area (TPSA) is 119 Å². The smallest absolute Gasteiger partial charge is 0.227 e. The van der Waals surface area contributed by atoms with E-state index in [1.807, 2.05) is 26.0 Å². The number of hydrogen-bond donors (Lipinski definition) is 4. The lowest BCUT2D eigenvalue weighted by Crippen LogP contribution is -2.38. The van der Waals surface area contributed by atoms with E-state index in [0.717, 1.165) is 23.3 Å². The third-order valence-electron chi connectivity index (χ3n) is 5.46. The molecule has 36 heavy (non-hydrogen) atoms. The maximum atomic E-state index is 12.6. The summed E-state index contributed by atoms with van der Waals surface area (Å²) in [5.74, 6) is 0.334. The molecule has 1 unspecified atom stereocenters. The van der Waals surface area contributed by atoms with E-state index < -0.39 is 0 Å². The molecule has 2 amide bonds.